The van der Waals surface area contributed by atoms with Gasteiger partial charge in [-0.2, -0.15) is 0 Å². The number of anilines is 1. The monoisotopic (exact) mass is 506 g/mol. The van der Waals surface area contributed by atoms with Crippen molar-refractivity contribution in [2.45, 2.75) is 39.5 Å². The number of hydrogen-bond donors (Lipinski definition) is 1. The zero-order valence-corrected chi connectivity index (χ0v) is 20.8. The lowest BCUT2D eigenvalue weighted by molar-refractivity contribution is -0.0775. The summed E-state index contributed by atoms with van der Waals surface area (Å²) in [6, 6.07) is 20.1. The van der Waals surface area contributed by atoms with Gasteiger partial charge in [-0.1, -0.05) is 77.3 Å². The molecule has 0 bridgehead atoms. The second-order valence-corrected chi connectivity index (χ2v) is 9.53. The van der Waals surface area contributed by atoms with Crippen molar-refractivity contribution in [2.75, 3.05) is 5.32 Å². The largest absolute Gasteiger partial charge is 0.444 e. The molecule has 0 fully saturated rings. The minimum atomic E-state index is -0.682. The Labute approximate surface area is 209 Å². The molecule has 3 aromatic rings. The molecular formula is C25H25Cl3N2O3. The first kappa shape index (κ1) is 25.0. The number of halogens is 3. The maximum Gasteiger partial charge on any atom is 0.444 e. The molecule has 0 spiro atoms. The summed E-state index contributed by atoms with van der Waals surface area (Å²) in [4.78, 5) is 18.9. The third-order valence-corrected chi connectivity index (χ3v) is 5.46. The molecule has 0 aliphatic rings. The van der Waals surface area contributed by atoms with Crippen LogP contribution in [-0.4, -0.2) is 16.8 Å². The number of para-hydroxylation sites is 1. The molecule has 8 heteroatoms. The Morgan fingerprint density at radius 2 is 1.61 bits per heavy atom. The number of carbonyl (C=O) groups excluding carboxylic acids is 1. The average molecular weight is 508 g/mol. The fourth-order valence-electron chi connectivity index (χ4n) is 2.91. The van der Waals surface area contributed by atoms with Crippen LogP contribution >= 0.6 is 34.8 Å². The average Bonchev–Trinajstić information content (AvgIpc) is 2.75. The first-order valence-electron chi connectivity index (χ1n) is 10.3. The van der Waals surface area contributed by atoms with Gasteiger partial charge >= 0.3 is 6.09 Å². The zero-order chi connectivity index (χ0) is 24.0. The first-order chi connectivity index (χ1) is 15.6. The summed E-state index contributed by atoms with van der Waals surface area (Å²) in [6.45, 7) is 6.01. The summed E-state index contributed by atoms with van der Waals surface area (Å²) < 4.78 is 5.55. The Morgan fingerprint density at radius 3 is 2.27 bits per heavy atom. The summed E-state index contributed by atoms with van der Waals surface area (Å²) in [6.07, 6.45) is -0.609. The number of amides is 1. The van der Waals surface area contributed by atoms with Gasteiger partial charge in [0.05, 0.1) is 27.3 Å². The van der Waals surface area contributed by atoms with Crippen LogP contribution in [0.25, 0.3) is 0 Å². The van der Waals surface area contributed by atoms with Crippen LogP contribution < -0.4 is 10.2 Å². The summed E-state index contributed by atoms with van der Waals surface area (Å²) >= 11 is 18.6. The molecule has 0 aliphatic heterocycles. The van der Waals surface area contributed by atoms with E-state index in [1.165, 1.54) is 5.06 Å². The van der Waals surface area contributed by atoms with Crippen LogP contribution in [-0.2, 0) is 17.8 Å². The van der Waals surface area contributed by atoms with E-state index in [1.807, 2.05) is 36.4 Å². The fraction of sp³-hybridized carbons (Fsp3) is 0.240. The van der Waals surface area contributed by atoms with Crippen LogP contribution in [0.3, 0.4) is 0 Å². The number of hydroxylamine groups is 2. The van der Waals surface area contributed by atoms with Gasteiger partial charge in [0, 0.05) is 6.54 Å². The molecule has 0 heterocycles. The molecule has 0 aliphatic carbocycles. The lowest BCUT2D eigenvalue weighted by Crippen LogP contribution is -2.38. The normalized spacial score (nSPS) is 11.1. The minimum absolute atomic E-state index is 0.189. The van der Waals surface area contributed by atoms with Crippen molar-refractivity contribution >= 4 is 46.6 Å². The molecule has 3 rings (SSSR count). The summed E-state index contributed by atoms with van der Waals surface area (Å²) in [5.41, 5.74) is 1.64. The van der Waals surface area contributed by atoms with E-state index in [4.69, 9.17) is 44.4 Å². The minimum Gasteiger partial charge on any atom is -0.442 e. The van der Waals surface area contributed by atoms with Crippen LogP contribution in [0.2, 0.25) is 15.1 Å². The van der Waals surface area contributed by atoms with Crippen molar-refractivity contribution in [3.63, 3.8) is 0 Å². The van der Waals surface area contributed by atoms with Gasteiger partial charge in [-0.05, 0) is 56.2 Å². The molecule has 3 aromatic carbocycles. The third kappa shape index (κ3) is 7.46. The molecule has 5 nitrogen and oxygen atoms in total. The van der Waals surface area contributed by atoms with E-state index < -0.39 is 11.7 Å². The zero-order valence-electron chi connectivity index (χ0n) is 18.6. The fourth-order valence-corrected chi connectivity index (χ4v) is 3.46. The van der Waals surface area contributed by atoms with Gasteiger partial charge in [0.2, 0.25) is 0 Å². The van der Waals surface area contributed by atoms with Gasteiger partial charge in [-0.15, -0.1) is 5.06 Å². The quantitative estimate of drug-likeness (QED) is 0.329. The van der Waals surface area contributed by atoms with Crippen molar-refractivity contribution in [1.82, 2.24) is 5.06 Å². The van der Waals surface area contributed by atoms with Crippen molar-refractivity contribution in [3.8, 4) is 5.75 Å². The van der Waals surface area contributed by atoms with E-state index >= 15 is 0 Å². The molecule has 174 valence electrons. The van der Waals surface area contributed by atoms with Crippen LogP contribution in [0.1, 0.15) is 31.9 Å². The molecule has 0 unspecified atom stereocenters. The molecule has 0 saturated heterocycles. The Morgan fingerprint density at radius 1 is 0.879 bits per heavy atom. The summed E-state index contributed by atoms with van der Waals surface area (Å²) in [5, 5.41) is 5.83. The van der Waals surface area contributed by atoms with Crippen molar-refractivity contribution in [1.29, 1.82) is 0 Å². The highest BCUT2D eigenvalue weighted by molar-refractivity contribution is 6.42. The lowest BCUT2D eigenvalue weighted by Gasteiger charge is -2.28. The van der Waals surface area contributed by atoms with E-state index in [0.29, 0.717) is 33.0 Å². The summed E-state index contributed by atoms with van der Waals surface area (Å²) in [5.74, 6) is 0.379. The van der Waals surface area contributed by atoms with Gasteiger partial charge in [0.25, 0.3) is 0 Å². The molecule has 1 N–H and O–H groups in total. The van der Waals surface area contributed by atoms with E-state index in [1.54, 1.807) is 51.1 Å². The highest BCUT2D eigenvalue weighted by atomic mass is 35.5. The maximum atomic E-state index is 12.9. The van der Waals surface area contributed by atoms with Crippen LogP contribution in [0.5, 0.6) is 5.75 Å². The number of ether oxygens (including phenoxy) is 1. The Balaban J connectivity index is 1.84. The number of nitrogens with zero attached hydrogens (tertiary/aromatic N) is 1. The predicted octanol–water partition coefficient (Wildman–Crippen LogP) is 7.99. The highest BCUT2D eigenvalue weighted by Gasteiger charge is 2.25. The van der Waals surface area contributed by atoms with E-state index in [-0.39, 0.29) is 6.54 Å². The van der Waals surface area contributed by atoms with Crippen LogP contribution in [0, 0.1) is 0 Å². The van der Waals surface area contributed by atoms with Crippen molar-refractivity contribution in [3.05, 3.63) is 92.9 Å². The van der Waals surface area contributed by atoms with Gasteiger partial charge < -0.3 is 14.9 Å². The third-order valence-electron chi connectivity index (χ3n) is 4.40. The smallest absolute Gasteiger partial charge is 0.442 e. The number of rotatable bonds is 7. The molecule has 0 saturated carbocycles. The maximum absolute atomic E-state index is 12.9. The molecular weight excluding hydrogens is 483 g/mol. The number of nitrogens with one attached hydrogen (secondary N) is 1. The number of carbonyl (C=O) groups is 1. The molecule has 0 atom stereocenters. The molecule has 33 heavy (non-hydrogen) atoms. The van der Waals surface area contributed by atoms with Gasteiger partial charge in [-0.3, -0.25) is 0 Å². The van der Waals surface area contributed by atoms with Gasteiger partial charge in [-0.25, -0.2) is 4.79 Å². The Bertz CT molecular complexity index is 1100. The van der Waals surface area contributed by atoms with Gasteiger partial charge in [0.15, 0.2) is 5.75 Å². The van der Waals surface area contributed by atoms with E-state index in [0.717, 1.165) is 11.1 Å². The summed E-state index contributed by atoms with van der Waals surface area (Å²) in [7, 11) is 0. The second kappa shape index (κ2) is 11.0. The molecule has 0 aromatic heterocycles. The van der Waals surface area contributed by atoms with Crippen LogP contribution in [0.15, 0.2) is 66.7 Å². The van der Waals surface area contributed by atoms with E-state index in [2.05, 4.69) is 5.32 Å². The topological polar surface area (TPSA) is 50.8 Å². The standard InChI is InChI=1S/C25H25Cl3N2O3/c1-25(2,3)32-24(31)30(16-17-8-5-4-6-9-17)33-22-11-7-10-20(27)23(22)29-15-18-12-13-19(26)21(28)14-18/h4-14,29H,15-16H2,1-3H3. The van der Waals surface area contributed by atoms with Crippen molar-refractivity contribution in [2.24, 2.45) is 0 Å². The van der Waals surface area contributed by atoms with Crippen LogP contribution in [0.4, 0.5) is 10.5 Å². The molecule has 1 amide bonds. The number of hydrogen-bond acceptors (Lipinski definition) is 4. The molecule has 0 radical (unpaired) electrons. The highest BCUT2D eigenvalue weighted by Crippen LogP contribution is 2.34. The Hall–Kier alpha value is -2.60. The Kier molecular flexibility index (Phi) is 8.35. The van der Waals surface area contributed by atoms with Crippen molar-refractivity contribution < 1.29 is 14.4 Å². The first-order valence-corrected chi connectivity index (χ1v) is 11.4. The number of benzene rings is 3. The predicted molar refractivity (Wildman–Crippen MR) is 134 cm³/mol. The van der Waals surface area contributed by atoms with Gasteiger partial charge in [0.1, 0.15) is 5.60 Å². The second-order valence-electron chi connectivity index (χ2n) is 8.31. The lowest BCUT2D eigenvalue weighted by atomic mass is 10.2. The van der Waals surface area contributed by atoms with E-state index in [9.17, 15) is 4.79 Å². The SMILES string of the molecule is CC(C)(C)OC(=O)N(Cc1ccccc1)Oc1cccc(Cl)c1NCc1ccc(Cl)c(Cl)c1.